The maximum absolute atomic E-state index is 13.1. The summed E-state index contributed by atoms with van der Waals surface area (Å²) in [6, 6.07) is 19.2. The van der Waals surface area contributed by atoms with E-state index in [4.69, 9.17) is 16.7 Å². The van der Waals surface area contributed by atoms with E-state index in [1.807, 2.05) is 0 Å². The molecule has 3 N–H and O–H groups in total. The van der Waals surface area contributed by atoms with E-state index in [2.05, 4.69) is 4.99 Å². The molecule has 4 rings (SSSR count). The van der Waals surface area contributed by atoms with Crippen LogP contribution >= 0.6 is 11.6 Å². The number of sulfonamides is 1. The van der Waals surface area contributed by atoms with E-state index in [1.54, 1.807) is 54.6 Å². The van der Waals surface area contributed by atoms with Crippen molar-refractivity contribution in [3.05, 3.63) is 93.7 Å². The molecule has 9 heteroatoms. The molecule has 0 unspecified atom stereocenters. The summed E-state index contributed by atoms with van der Waals surface area (Å²) in [5.41, 5.74) is 0.472. The highest BCUT2D eigenvalue weighted by atomic mass is 35.5. The number of pyridine rings is 1. The Morgan fingerprint density at radius 3 is 2.35 bits per heavy atom. The van der Waals surface area contributed by atoms with Crippen molar-refractivity contribution in [2.45, 2.75) is 4.90 Å². The number of primary sulfonamides is 1. The number of aliphatic imine (C=N–C) groups is 1. The molecule has 4 aromatic rings. The number of nitrogens with zero attached hydrogens (tertiary/aromatic N) is 2. The lowest BCUT2D eigenvalue weighted by Crippen LogP contribution is -2.20. The Morgan fingerprint density at radius 2 is 1.65 bits per heavy atom. The molecule has 0 saturated carbocycles. The van der Waals surface area contributed by atoms with Gasteiger partial charge in [-0.3, -0.25) is 9.79 Å². The first-order chi connectivity index (χ1) is 14.8. The van der Waals surface area contributed by atoms with Gasteiger partial charge in [0, 0.05) is 17.0 Å². The molecule has 0 amide bonds. The second-order valence-electron chi connectivity index (χ2n) is 6.68. The van der Waals surface area contributed by atoms with Crippen molar-refractivity contribution in [2.24, 2.45) is 10.1 Å². The number of aromatic nitrogens is 1. The van der Waals surface area contributed by atoms with Crippen molar-refractivity contribution in [2.75, 3.05) is 0 Å². The molecule has 0 atom stereocenters. The van der Waals surface area contributed by atoms with Gasteiger partial charge in [-0.25, -0.2) is 18.1 Å². The van der Waals surface area contributed by atoms with Crippen LogP contribution in [-0.2, 0) is 10.0 Å². The number of aromatic hydroxyl groups is 1. The summed E-state index contributed by atoms with van der Waals surface area (Å²) < 4.78 is 24.3. The van der Waals surface area contributed by atoms with Crippen LogP contribution in [0.1, 0.15) is 5.56 Å². The number of nitrogens with two attached hydrogens (primary N) is 1. The highest BCUT2D eigenvalue weighted by molar-refractivity contribution is 7.89. The van der Waals surface area contributed by atoms with Crippen LogP contribution in [0.5, 0.6) is 5.88 Å². The molecule has 0 spiro atoms. The minimum atomic E-state index is -3.89. The van der Waals surface area contributed by atoms with E-state index in [9.17, 15) is 18.3 Å². The predicted octanol–water partition coefficient (Wildman–Crippen LogP) is 3.75. The van der Waals surface area contributed by atoms with Crippen molar-refractivity contribution < 1.29 is 13.5 Å². The second-order valence-corrected chi connectivity index (χ2v) is 8.64. The van der Waals surface area contributed by atoms with Gasteiger partial charge in [0.15, 0.2) is 0 Å². The molecule has 0 bridgehead atoms. The van der Waals surface area contributed by atoms with Crippen LogP contribution in [0.3, 0.4) is 0 Å². The van der Waals surface area contributed by atoms with Crippen LogP contribution in [-0.4, -0.2) is 24.3 Å². The molecule has 31 heavy (non-hydrogen) atoms. The average Bonchev–Trinajstić information content (AvgIpc) is 2.75. The average molecular weight is 454 g/mol. The zero-order valence-electron chi connectivity index (χ0n) is 15.9. The summed E-state index contributed by atoms with van der Waals surface area (Å²) in [6.07, 6.45) is 1.37. The first-order valence-electron chi connectivity index (χ1n) is 9.06. The third-order valence-corrected chi connectivity index (χ3v) is 5.92. The number of benzene rings is 3. The van der Waals surface area contributed by atoms with Gasteiger partial charge in [0.1, 0.15) is 0 Å². The van der Waals surface area contributed by atoms with E-state index < -0.39 is 15.6 Å². The zero-order chi connectivity index (χ0) is 22.2. The van der Waals surface area contributed by atoms with Gasteiger partial charge in [0.25, 0.3) is 5.56 Å². The van der Waals surface area contributed by atoms with Crippen LogP contribution in [0.25, 0.3) is 16.5 Å². The van der Waals surface area contributed by atoms with Gasteiger partial charge in [-0.1, -0.05) is 48.0 Å². The number of hydrogen-bond donors (Lipinski definition) is 2. The van der Waals surface area contributed by atoms with Crippen molar-refractivity contribution in [1.29, 1.82) is 0 Å². The van der Waals surface area contributed by atoms with Crippen molar-refractivity contribution >= 4 is 44.3 Å². The molecule has 0 fully saturated rings. The lowest BCUT2D eigenvalue weighted by atomic mass is 10.1. The van der Waals surface area contributed by atoms with Crippen LogP contribution in [0, 0.1) is 0 Å². The van der Waals surface area contributed by atoms with Crippen LogP contribution < -0.4 is 10.7 Å². The molecular weight excluding hydrogens is 438 g/mol. The maximum atomic E-state index is 13.1. The molecule has 0 aliphatic carbocycles. The van der Waals surface area contributed by atoms with Crippen molar-refractivity contribution in [3.8, 4) is 11.6 Å². The summed E-state index contributed by atoms with van der Waals surface area (Å²) in [5, 5.41) is 17.3. The lowest BCUT2D eigenvalue weighted by Gasteiger charge is -2.14. The topological polar surface area (TPSA) is 115 Å². The van der Waals surface area contributed by atoms with Gasteiger partial charge >= 0.3 is 0 Å². The third-order valence-electron chi connectivity index (χ3n) is 4.69. The molecule has 156 valence electrons. The Bertz CT molecular complexity index is 1510. The van der Waals surface area contributed by atoms with E-state index >= 15 is 0 Å². The molecule has 3 aromatic carbocycles. The predicted molar refractivity (Wildman–Crippen MR) is 121 cm³/mol. The third kappa shape index (κ3) is 3.96. The minimum absolute atomic E-state index is 0.0859. The number of halogens is 1. The summed E-state index contributed by atoms with van der Waals surface area (Å²) in [6.45, 7) is 0. The lowest BCUT2D eigenvalue weighted by molar-refractivity contribution is 0.436. The van der Waals surface area contributed by atoms with E-state index in [0.717, 1.165) is 4.57 Å². The fourth-order valence-electron chi connectivity index (χ4n) is 3.23. The van der Waals surface area contributed by atoms with Gasteiger partial charge in [-0.15, -0.1) is 0 Å². The van der Waals surface area contributed by atoms with Gasteiger partial charge in [0.2, 0.25) is 15.9 Å². The minimum Gasteiger partial charge on any atom is -0.494 e. The number of fused-ring (bicyclic) bond motifs is 1. The maximum Gasteiger partial charge on any atom is 0.265 e. The van der Waals surface area contributed by atoms with E-state index in [1.165, 1.54) is 24.4 Å². The molecule has 0 aliphatic rings. The first kappa shape index (κ1) is 20.8. The molecule has 7 nitrogen and oxygen atoms in total. The standard InChI is InChI=1S/C22H16ClN3O4S/c23-19-10-3-4-11-20(19)26-21(27)17-9-2-1-8-16(17)18(22(26)28)13-25-14-6-5-7-15(12-14)31(24,29)30/h1-13,28H,(H2,24,29,30). The fraction of sp³-hybridized carbons (Fsp3) is 0. The highest BCUT2D eigenvalue weighted by Gasteiger charge is 2.17. The number of hydrogen-bond acceptors (Lipinski definition) is 5. The number of rotatable bonds is 4. The molecular formula is C22H16ClN3O4S. The Morgan fingerprint density at radius 1 is 0.968 bits per heavy atom. The zero-order valence-corrected chi connectivity index (χ0v) is 17.5. The van der Waals surface area contributed by atoms with Crippen LogP contribution in [0.15, 0.2) is 87.5 Å². The van der Waals surface area contributed by atoms with Gasteiger partial charge < -0.3 is 5.11 Å². The van der Waals surface area contributed by atoms with Crippen LogP contribution in [0.4, 0.5) is 5.69 Å². The molecule has 0 radical (unpaired) electrons. The Labute approximate surface area is 182 Å². The molecule has 0 saturated heterocycles. The fourth-order valence-corrected chi connectivity index (χ4v) is 4.00. The van der Waals surface area contributed by atoms with Crippen molar-refractivity contribution in [3.63, 3.8) is 0 Å². The Kier molecular flexibility index (Phi) is 5.36. The summed E-state index contributed by atoms with van der Waals surface area (Å²) in [4.78, 5) is 17.3. The Balaban J connectivity index is 1.96. The summed E-state index contributed by atoms with van der Waals surface area (Å²) >= 11 is 6.27. The van der Waals surface area contributed by atoms with Gasteiger partial charge in [-0.2, -0.15) is 0 Å². The van der Waals surface area contributed by atoms with E-state index in [0.29, 0.717) is 27.2 Å². The van der Waals surface area contributed by atoms with Gasteiger partial charge in [-0.05, 0) is 36.4 Å². The van der Waals surface area contributed by atoms with Crippen molar-refractivity contribution in [1.82, 2.24) is 4.57 Å². The van der Waals surface area contributed by atoms with Crippen LogP contribution in [0.2, 0.25) is 5.02 Å². The van der Waals surface area contributed by atoms with Gasteiger partial charge in [0.05, 0.1) is 26.9 Å². The Hall–Kier alpha value is -3.46. The highest BCUT2D eigenvalue weighted by Crippen LogP contribution is 2.29. The summed E-state index contributed by atoms with van der Waals surface area (Å²) in [5.74, 6) is -0.344. The molecule has 1 heterocycles. The smallest absolute Gasteiger partial charge is 0.265 e. The molecule has 0 aliphatic heterocycles. The van der Waals surface area contributed by atoms with E-state index in [-0.39, 0.29) is 16.3 Å². The largest absolute Gasteiger partial charge is 0.494 e. The monoisotopic (exact) mass is 453 g/mol. The molecule has 1 aromatic heterocycles. The summed E-state index contributed by atoms with van der Waals surface area (Å²) in [7, 11) is -3.89. The normalized spacial score (nSPS) is 11.9. The second kappa shape index (κ2) is 7.99. The number of para-hydroxylation sites is 1. The quantitative estimate of drug-likeness (QED) is 0.458. The SMILES string of the molecule is NS(=O)(=O)c1cccc(N=Cc2c(O)n(-c3ccccc3Cl)c(=O)c3ccccc23)c1. The first-order valence-corrected chi connectivity index (χ1v) is 11.0.